The van der Waals surface area contributed by atoms with E-state index in [-0.39, 0.29) is 11.3 Å². The van der Waals surface area contributed by atoms with E-state index in [1.54, 1.807) is 6.92 Å². The van der Waals surface area contributed by atoms with Crippen LogP contribution in [0.3, 0.4) is 0 Å². The van der Waals surface area contributed by atoms with Crippen LogP contribution in [0.2, 0.25) is 0 Å². The lowest BCUT2D eigenvalue weighted by atomic mass is 10.1. The maximum Gasteiger partial charge on any atom is 0.156 e. The summed E-state index contributed by atoms with van der Waals surface area (Å²) in [5.41, 5.74) is 1.63. The molecule has 36 heavy (non-hydrogen) atoms. The van der Waals surface area contributed by atoms with Crippen molar-refractivity contribution < 1.29 is 21.9 Å². The number of hydrogen-bond acceptors (Lipinski definition) is 7. The molecule has 0 spiro atoms. The normalized spacial score (nSPS) is 14.8. The molecule has 0 unspecified atom stereocenters. The van der Waals surface area contributed by atoms with Crippen molar-refractivity contribution in [3.8, 4) is 16.9 Å². The average molecular weight is 520 g/mol. The minimum Gasteiger partial charge on any atom is -0.379 e. The van der Waals surface area contributed by atoms with Gasteiger partial charge < -0.3 is 9.64 Å². The summed E-state index contributed by atoms with van der Waals surface area (Å²) < 4.78 is 60.6. The van der Waals surface area contributed by atoms with Crippen LogP contribution in [0.25, 0.3) is 16.9 Å². The molecule has 1 fully saturated rings. The van der Waals surface area contributed by atoms with Gasteiger partial charge in [0.25, 0.3) is 0 Å². The number of sulfone groups is 1. The smallest absolute Gasteiger partial charge is 0.156 e. The second-order valence-electron chi connectivity index (χ2n) is 8.94. The highest BCUT2D eigenvalue weighted by atomic mass is 32.2. The Morgan fingerprint density at radius 1 is 1.14 bits per heavy atom. The van der Waals surface area contributed by atoms with Gasteiger partial charge in [0, 0.05) is 50.0 Å². The maximum atomic E-state index is 15.2. The number of nitrogens with zero attached hydrogens (tertiary/aromatic N) is 5. The first-order valence-electron chi connectivity index (χ1n) is 12.0. The van der Waals surface area contributed by atoms with E-state index in [2.05, 4.69) is 20.1 Å². The fourth-order valence-corrected chi connectivity index (χ4v) is 5.64. The zero-order valence-corrected chi connectivity index (χ0v) is 21.3. The van der Waals surface area contributed by atoms with Gasteiger partial charge in [-0.05, 0) is 24.6 Å². The van der Waals surface area contributed by atoms with Crippen LogP contribution in [0.5, 0.6) is 0 Å². The molecule has 2 aromatic carbocycles. The summed E-state index contributed by atoms with van der Waals surface area (Å²) in [6.07, 6.45) is 1.87. The van der Waals surface area contributed by atoms with Crippen molar-refractivity contribution in [1.82, 2.24) is 19.9 Å². The highest BCUT2D eigenvalue weighted by Gasteiger charge is 2.21. The molecule has 0 bridgehead atoms. The van der Waals surface area contributed by atoms with Gasteiger partial charge in [0.15, 0.2) is 21.5 Å². The molecule has 3 aromatic rings. The number of benzene rings is 2. The molecule has 8 nitrogen and oxygen atoms in total. The Labute approximate surface area is 210 Å². The van der Waals surface area contributed by atoms with Gasteiger partial charge in [0.1, 0.15) is 11.4 Å². The number of morpholine rings is 1. The molecule has 4 rings (SSSR count). The van der Waals surface area contributed by atoms with Gasteiger partial charge in [-0.15, -0.1) is 5.10 Å². The quantitative estimate of drug-likeness (QED) is 0.407. The third kappa shape index (κ3) is 6.26. The van der Waals surface area contributed by atoms with E-state index in [0.717, 1.165) is 67.5 Å². The predicted octanol–water partition coefficient (Wildman–Crippen LogP) is 3.31. The van der Waals surface area contributed by atoms with Crippen LogP contribution in [-0.4, -0.2) is 80.5 Å². The first-order valence-corrected chi connectivity index (χ1v) is 13.8. The van der Waals surface area contributed by atoms with Gasteiger partial charge in [0.2, 0.25) is 0 Å². The van der Waals surface area contributed by atoms with Gasteiger partial charge in [-0.1, -0.05) is 30.3 Å². The van der Waals surface area contributed by atoms with Gasteiger partial charge in [-0.25, -0.2) is 21.9 Å². The Morgan fingerprint density at radius 2 is 1.92 bits per heavy atom. The summed E-state index contributed by atoms with van der Waals surface area (Å²) in [6, 6.07) is 9.92. The lowest BCUT2D eigenvalue weighted by Gasteiger charge is -2.29. The second-order valence-corrected chi connectivity index (χ2v) is 11.1. The van der Waals surface area contributed by atoms with Crippen LogP contribution in [0.1, 0.15) is 18.9 Å². The first kappa shape index (κ1) is 26.2. The van der Waals surface area contributed by atoms with E-state index in [1.165, 1.54) is 6.20 Å². The zero-order valence-electron chi connectivity index (χ0n) is 20.5. The molecule has 0 radical (unpaired) electrons. The molecule has 1 aliphatic heterocycles. The van der Waals surface area contributed by atoms with Crippen LogP contribution < -0.4 is 4.90 Å². The average Bonchev–Trinajstić information content (AvgIpc) is 3.35. The number of aromatic nitrogens is 3. The van der Waals surface area contributed by atoms with Crippen molar-refractivity contribution in [2.75, 3.05) is 57.1 Å². The Morgan fingerprint density at radius 3 is 2.67 bits per heavy atom. The van der Waals surface area contributed by atoms with Crippen molar-refractivity contribution in [2.24, 2.45) is 0 Å². The van der Waals surface area contributed by atoms with Crippen molar-refractivity contribution in [3.63, 3.8) is 0 Å². The maximum absolute atomic E-state index is 15.2. The summed E-state index contributed by atoms with van der Waals surface area (Å²) in [4.78, 5) is 4.50. The molecule has 0 atom stereocenters. The number of ether oxygens (including phenoxy) is 1. The van der Waals surface area contributed by atoms with Crippen LogP contribution in [-0.2, 0) is 20.3 Å². The molecule has 0 aliphatic carbocycles. The Balaban J connectivity index is 1.53. The molecule has 0 saturated carbocycles. The predicted molar refractivity (Wildman–Crippen MR) is 135 cm³/mol. The highest BCUT2D eigenvalue weighted by Crippen LogP contribution is 2.26. The minimum atomic E-state index is -3.50. The van der Waals surface area contributed by atoms with Crippen molar-refractivity contribution in [2.45, 2.75) is 19.1 Å². The van der Waals surface area contributed by atoms with E-state index >= 15 is 4.39 Å². The monoisotopic (exact) mass is 519 g/mol. The van der Waals surface area contributed by atoms with Crippen LogP contribution >= 0.6 is 0 Å². The van der Waals surface area contributed by atoms with Gasteiger partial charge in [0.05, 0.1) is 30.9 Å². The highest BCUT2D eigenvalue weighted by molar-refractivity contribution is 7.90. The number of likely N-dealkylation sites (N-methyl/N-ethyl adjacent to an activating group) is 1. The molecular formula is C25H31F2N5O3S. The van der Waals surface area contributed by atoms with Crippen LogP contribution in [0, 0.1) is 11.6 Å². The van der Waals surface area contributed by atoms with Gasteiger partial charge in [-0.2, -0.15) is 0 Å². The number of hydrogen-bond donors (Lipinski definition) is 0. The number of rotatable bonds is 10. The second kappa shape index (κ2) is 11.4. The van der Waals surface area contributed by atoms with Crippen molar-refractivity contribution in [3.05, 3.63) is 59.8 Å². The lowest BCUT2D eigenvalue weighted by Crippen LogP contribution is -2.40. The molecule has 11 heteroatoms. The standard InChI is InChI=1S/C25H31F2N5O3S/c1-3-15-36(33,34)18-20-7-8-22(26)25(24(20)27)32-17-23(28-29-32)19-5-4-6-21(16-19)30(2)9-10-31-11-13-35-14-12-31/h4-8,16-17H,3,9-15,18H2,1-2H3. The number of anilines is 1. The topological polar surface area (TPSA) is 80.6 Å². The fourth-order valence-electron chi connectivity index (χ4n) is 4.18. The van der Waals surface area contributed by atoms with E-state index in [4.69, 9.17) is 4.74 Å². The number of halogens is 2. The molecule has 0 amide bonds. The zero-order chi connectivity index (χ0) is 25.7. The summed E-state index contributed by atoms with van der Waals surface area (Å²) in [7, 11) is -1.49. The van der Waals surface area contributed by atoms with Crippen LogP contribution in [0.15, 0.2) is 42.6 Å². The SMILES string of the molecule is CCCS(=O)(=O)Cc1ccc(F)c(-n2cc(-c3cccc(N(C)CCN4CCOCC4)c3)nn2)c1F. The van der Waals surface area contributed by atoms with Gasteiger partial charge in [-0.3, -0.25) is 4.90 Å². The van der Waals surface area contributed by atoms with E-state index in [0.29, 0.717) is 12.1 Å². The molecule has 0 N–H and O–H groups in total. The minimum absolute atomic E-state index is 0.0656. The summed E-state index contributed by atoms with van der Waals surface area (Å²) in [5.74, 6) is -2.37. The molecular weight excluding hydrogens is 488 g/mol. The van der Waals surface area contributed by atoms with Crippen molar-refractivity contribution >= 4 is 15.5 Å². The van der Waals surface area contributed by atoms with Gasteiger partial charge >= 0.3 is 0 Å². The van der Waals surface area contributed by atoms with E-state index in [1.807, 2.05) is 31.3 Å². The Hall–Kier alpha value is -2.89. The summed E-state index contributed by atoms with van der Waals surface area (Å²) in [5, 5.41) is 8.05. The first-order chi connectivity index (χ1) is 17.3. The summed E-state index contributed by atoms with van der Waals surface area (Å²) in [6.45, 7) is 6.86. The van der Waals surface area contributed by atoms with Crippen LogP contribution in [0.4, 0.5) is 14.5 Å². The Kier molecular flexibility index (Phi) is 8.32. The molecule has 194 valence electrons. The van der Waals surface area contributed by atoms with E-state index < -0.39 is 32.9 Å². The largest absolute Gasteiger partial charge is 0.379 e. The van der Waals surface area contributed by atoms with E-state index in [9.17, 15) is 12.8 Å². The third-order valence-electron chi connectivity index (χ3n) is 6.20. The lowest BCUT2D eigenvalue weighted by molar-refractivity contribution is 0.0393. The summed E-state index contributed by atoms with van der Waals surface area (Å²) >= 11 is 0. The third-order valence-corrected chi connectivity index (χ3v) is 7.98. The molecule has 1 aliphatic rings. The molecule has 2 heterocycles. The van der Waals surface area contributed by atoms with Crippen molar-refractivity contribution in [1.29, 1.82) is 0 Å². The molecule has 1 saturated heterocycles. The Bertz CT molecular complexity index is 1290. The molecule has 1 aromatic heterocycles. The fraction of sp³-hybridized carbons (Fsp3) is 0.440.